The standard InChI is InChI=1S/C16H15N3O/c1-19-14(15(17)18-16(19)20)13-9-7-12(8-10-13)11-5-3-2-4-6-11/h2-10,14H,1H3,(H2,17,18,20). The summed E-state index contributed by atoms with van der Waals surface area (Å²) in [6.07, 6.45) is 0. The summed E-state index contributed by atoms with van der Waals surface area (Å²) in [6.45, 7) is 0. The second kappa shape index (κ2) is 4.81. The van der Waals surface area contributed by atoms with Crippen LogP contribution in [-0.4, -0.2) is 23.8 Å². The van der Waals surface area contributed by atoms with Crippen molar-refractivity contribution in [2.24, 2.45) is 0 Å². The van der Waals surface area contributed by atoms with Gasteiger partial charge < -0.3 is 4.90 Å². The Balaban J connectivity index is 1.91. The molecule has 0 aliphatic carbocycles. The molecule has 0 saturated carbocycles. The number of nitrogens with zero attached hydrogens (tertiary/aromatic N) is 1. The molecule has 2 aromatic rings. The van der Waals surface area contributed by atoms with Crippen molar-refractivity contribution < 1.29 is 4.79 Å². The van der Waals surface area contributed by atoms with E-state index in [-0.39, 0.29) is 17.9 Å². The van der Waals surface area contributed by atoms with E-state index in [4.69, 9.17) is 5.41 Å². The zero-order valence-corrected chi connectivity index (χ0v) is 11.1. The first-order valence-electron chi connectivity index (χ1n) is 6.44. The summed E-state index contributed by atoms with van der Waals surface area (Å²) in [7, 11) is 1.70. The van der Waals surface area contributed by atoms with Gasteiger partial charge in [0.15, 0.2) is 0 Å². The molecule has 4 nitrogen and oxygen atoms in total. The molecule has 100 valence electrons. The highest BCUT2D eigenvalue weighted by Gasteiger charge is 2.33. The van der Waals surface area contributed by atoms with E-state index in [1.165, 1.54) is 0 Å². The van der Waals surface area contributed by atoms with E-state index in [9.17, 15) is 4.79 Å². The normalized spacial score (nSPS) is 18.2. The molecule has 2 N–H and O–H groups in total. The van der Waals surface area contributed by atoms with Gasteiger partial charge in [0.2, 0.25) is 0 Å². The predicted octanol–water partition coefficient (Wildman–Crippen LogP) is 3.03. The molecule has 1 aliphatic rings. The number of amidine groups is 1. The number of likely N-dealkylation sites (N-methyl/N-ethyl adjacent to an activating group) is 1. The second-order valence-electron chi connectivity index (χ2n) is 4.85. The minimum absolute atomic E-state index is 0.227. The van der Waals surface area contributed by atoms with Crippen molar-refractivity contribution in [2.45, 2.75) is 6.04 Å². The summed E-state index contributed by atoms with van der Waals surface area (Å²) in [5, 5.41) is 10.4. The number of urea groups is 1. The summed E-state index contributed by atoms with van der Waals surface area (Å²) in [5.41, 5.74) is 3.22. The zero-order chi connectivity index (χ0) is 14.1. The molecule has 1 heterocycles. The summed E-state index contributed by atoms with van der Waals surface area (Å²) in [4.78, 5) is 13.1. The molecule has 1 unspecified atom stereocenters. The van der Waals surface area contributed by atoms with Gasteiger partial charge in [-0.15, -0.1) is 0 Å². The molecule has 0 bridgehead atoms. The van der Waals surface area contributed by atoms with Crippen molar-refractivity contribution in [3.63, 3.8) is 0 Å². The predicted molar refractivity (Wildman–Crippen MR) is 78.6 cm³/mol. The molecule has 0 radical (unpaired) electrons. The number of carbonyl (C=O) groups excluding carboxylic acids is 1. The fourth-order valence-corrected chi connectivity index (χ4v) is 2.46. The molecular formula is C16H15N3O. The van der Waals surface area contributed by atoms with Crippen LogP contribution < -0.4 is 5.32 Å². The molecule has 20 heavy (non-hydrogen) atoms. The van der Waals surface area contributed by atoms with Crippen LogP contribution in [0.25, 0.3) is 11.1 Å². The Labute approximate surface area is 117 Å². The average molecular weight is 265 g/mol. The van der Waals surface area contributed by atoms with E-state index in [1.54, 1.807) is 11.9 Å². The van der Waals surface area contributed by atoms with Crippen molar-refractivity contribution in [1.29, 1.82) is 5.41 Å². The van der Waals surface area contributed by atoms with Crippen molar-refractivity contribution in [3.05, 3.63) is 60.2 Å². The van der Waals surface area contributed by atoms with Gasteiger partial charge in [0.1, 0.15) is 11.9 Å². The van der Waals surface area contributed by atoms with E-state index in [1.807, 2.05) is 42.5 Å². The maximum Gasteiger partial charge on any atom is 0.323 e. The molecule has 1 aliphatic heterocycles. The van der Waals surface area contributed by atoms with Crippen molar-refractivity contribution in [3.8, 4) is 11.1 Å². The molecule has 0 aromatic heterocycles. The van der Waals surface area contributed by atoms with Gasteiger partial charge in [0.05, 0.1) is 0 Å². The first-order valence-corrected chi connectivity index (χ1v) is 6.44. The topological polar surface area (TPSA) is 56.2 Å². The van der Waals surface area contributed by atoms with Crippen LogP contribution in [0.1, 0.15) is 11.6 Å². The second-order valence-corrected chi connectivity index (χ2v) is 4.85. The van der Waals surface area contributed by atoms with Gasteiger partial charge in [-0.25, -0.2) is 4.79 Å². The van der Waals surface area contributed by atoms with Gasteiger partial charge in [-0.1, -0.05) is 54.6 Å². The van der Waals surface area contributed by atoms with E-state index in [0.717, 1.165) is 16.7 Å². The fourth-order valence-electron chi connectivity index (χ4n) is 2.46. The summed E-state index contributed by atoms with van der Waals surface area (Å²) < 4.78 is 0. The Morgan fingerprint density at radius 2 is 1.60 bits per heavy atom. The smallest absolute Gasteiger partial charge is 0.313 e. The van der Waals surface area contributed by atoms with Gasteiger partial charge in [0, 0.05) is 7.05 Å². The minimum Gasteiger partial charge on any atom is -0.313 e. The van der Waals surface area contributed by atoms with Gasteiger partial charge in [-0.05, 0) is 16.7 Å². The van der Waals surface area contributed by atoms with Crippen LogP contribution in [0.15, 0.2) is 54.6 Å². The molecule has 1 fully saturated rings. The van der Waals surface area contributed by atoms with Crippen LogP contribution in [0.2, 0.25) is 0 Å². The number of amides is 2. The zero-order valence-electron chi connectivity index (χ0n) is 11.1. The largest absolute Gasteiger partial charge is 0.323 e. The van der Waals surface area contributed by atoms with E-state index < -0.39 is 0 Å². The number of rotatable bonds is 2. The van der Waals surface area contributed by atoms with Gasteiger partial charge in [-0.3, -0.25) is 10.7 Å². The number of carbonyl (C=O) groups is 1. The quantitative estimate of drug-likeness (QED) is 0.861. The lowest BCUT2D eigenvalue weighted by Gasteiger charge is -2.18. The van der Waals surface area contributed by atoms with E-state index in [0.29, 0.717) is 0 Å². The van der Waals surface area contributed by atoms with Crippen molar-refractivity contribution in [1.82, 2.24) is 10.2 Å². The Morgan fingerprint density at radius 1 is 1.00 bits per heavy atom. The monoisotopic (exact) mass is 265 g/mol. The van der Waals surface area contributed by atoms with Gasteiger partial charge in [-0.2, -0.15) is 0 Å². The van der Waals surface area contributed by atoms with Crippen LogP contribution in [0.5, 0.6) is 0 Å². The van der Waals surface area contributed by atoms with Crippen LogP contribution in [0.4, 0.5) is 4.79 Å². The maximum atomic E-state index is 11.5. The van der Waals surface area contributed by atoms with Crippen molar-refractivity contribution >= 4 is 11.9 Å². The summed E-state index contributed by atoms with van der Waals surface area (Å²) in [5.74, 6) is 0.227. The number of hydrogen-bond donors (Lipinski definition) is 2. The number of nitrogens with one attached hydrogen (secondary N) is 2. The lowest BCUT2D eigenvalue weighted by atomic mass is 10.0. The molecule has 3 rings (SSSR count). The Kier molecular flexibility index (Phi) is 2.99. The lowest BCUT2D eigenvalue weighted by molar-refractivity contribution is 0.217. The van der Waals surface area contributed by atoms with Crippen LogP contribution in [0.3, 0.4) is 0 Å². The van der Waals surface area contributed by atoms with Crippen molar-refractivity contribution in [2.75, 3.05) is 7.05 Å². The first-order chi connectivity index (χ1) is 9.66. The third-order valence-electron chi connectivity index (χ3n) is 3.56. The minimum atomic E-state index is -0.313. The Morgan fingerprint density at radius 3 is 2.15 bits per heavy atom. The molecule has 4 heteroatoms. The number of hydrogen-bond acceptors (Lipinski definition) is 2. The summed E-state index contributed by atoms with van der Waals surface area (Å²) in [6, 6.07) is 17.6. The fraction of sp³-hybridized carbons (Fsp3) is 0.125. The van der Waals surface area contributed by atoms with Gasteiger partial charge >= 0.3 is 6.03 Å². The van der Waals surface area contributed by atoms with Crippen LogP contribution >= 0.6 is 0 Å². The van der Waals surface area contributed by atoms with Gasteiger partial charge in [0.25, 0.3) is 0 Å². The SMILES string of the molecule is CN1C(=O)NC(=N)C1c1ccc(-c2ccccc2)cc1. The summed E-state index contributed by atoms with van der Waals surface area (Å²) >= 11 is 0. The number of benzene rings is 2. The first kappa shape index (κ1) is 12.4. The van der Waals surface area contributed by atoms with Crippen LogP contribution in [-0.2, 0) is 0 Å². The molecule has 1 saturated heterocycles. The highest BCUT2D eigenvalue weighted by Crippen LogP contribution is 2.27. The third kappa shape index (κ3) is 2.05. The van der Waals surface area contributed by atoms with E-state index in [2.05, 4.69) is 17.4 Å². The third-order valence-corrected chi connectivity index (χ3v) is 3.56. The highest BCUT2D eigenvalue weighted by atomic mass is 16.2. The van der Waals surface area contributed by atoms with Crippen LogP contribution in [0, 0.1) is 5.41 Å². The van der Waals surface area contributed by atoms with E-state index >= 15 is 0 Å². The molecule has 1 atom stereocenters. The Bertz CT molecular complexity index is 649. The highest BCUT2D eigenvalue weighted by molar-refractivity contribution is 6.05. The molecule has 2 aromatic carbocycles. The lowest BCUT2D eigenvalue weighted by Crippen LogP contribution is -2.25. The molecule has 2 amide bonds. The average Bonchev–Trinajstić information content (AvgIpc) is 2.73. The molecular weight excluding hydrogens is 250 g/mol. The maximum absolute atomic E-state index is 11.5. The molecule has 0 spiro atoms. The Hall–Kier alpha value is -2.62.